The van der Waals surface area contributed by atoms with Crippen molar-refractivity contribution in [3.05, 3.63) is 28.9 Å². The number of aromatic nitrogens is 1. The summed E-state index contributed by atoms with van der Waals surface area (Å²) in [5, 5.41) is 10.1. The summed E-state index contributed by atoms with van der Waals surface area (Å²) < 4.78 is 5.36. The van der Waals surface area contributed by atoms with Crippen molar-refractivity contribution in [2.45, 2.75) is 6.92 Å². The predicted octanol–water partition coefficient (Wildman–Crippen LogP) is 3.09. The summed E-state index contributed by atoms with van der Waals surface area (Å²) in [6, 6.07) is 7.59. The molecular formula is C11H9ClN2O. The molecule has 0 fully saturated rings. The van der Waals surface area contributed by atoms with E-state index in [-0.39, 0.29) is 0 Å². The largest absolute Gasteiger partial charge is 0.494 e. The van der Waals surface area contributed by atoms with E-state index in [1.807, 2.05) is 25.1 Å². The van der Waals surface area contributed by atoms with Crippen LogP contribution in [-0.4, -0.2) is 11.6 Å². The van der Waals surface area contributed by atoms with Crippen LogP contribution in [0.25, 0.3) is 10.9 Å². The molecule has 0 amide bonds. The normalized spacial score (nSPS) is 10.2. The highest BCUT2D eigenvalue weighted by molar-refractivity contribution is 6.32. The Morgan fingerprint density at radius 3 is 3.00 bits per heavy atom. The molecule has 1 aromatic heterocycles. The van der Waals surface area contributed by atoms with Gasteiger partial charge in [-0.1, -0.05) is 11.6 Å². The number of halogens is 1. The fourth-order valence-electron chi connectivity index (χ4n) is 1.50. The van der Waals surface area contributed by atoms with Crippen LogP contribution in [0.4, 0.5) is 0 Å². The first kappa shape index (κ1) is 9.88. The summed E-state index contributed by atoms with van der Waals surface area (Å²) in [6.45, 7) is 2.52. The number of benzene rings is 1. The second-order valence-electron chi connectivity index (χ2n) is 3.07. The highest BCUT2D eigenvalue weighted by Crippen LogP contribution is 2.28. The van der Waals surface area contributed by atoms with Gasteiger partial charge in [0.1, 0.15) is 17.0 Å². The number of H-pyrrole nitrogens is 1. The molecule has 1 aromatic carbocycles. The Balaban J connectivity index is 2.64. The number of nitriles is 1. The molecular weight excluding hydrogens is 212 g/mol. The predicted molar refractivity (Wildman–Crippen MR) is 59.2 cm³/mol. The molecule has 0 unspecified atom stereocenters. The summed E-state index contributed by atoms with van der Waals surface area (Å²) in [5.41, 5.74) is 1.31. The third kappa shape index (κ3) is 1.64. The van der Waals surface area contributed by atoms with Crippen LogP contribution in [0.5, 0.6) is 5.75 Å². The molecule has 3 nitrogen and oxygen atoms in total. The van der Waals surface area contributed by atoms with E-state index in [2.05, 4.69) is 11.1 Å². The van der Waals surface area contributed by atoms with E-state index in [9.17, 15) is 0 Å². The maximum Gasteiger partial charge on any atom is 0.125 e. The van der Waals surface area contributed by atoms with Crippen LogP contribution in [0.2, 0.25) is 5.15 Å². The lowest BCUT2D eigenvalue weighted by Crippen LogP contribution is -1.90. The summed E-state index contributed by atoms with van der Waals surface area (Å²) in [4.78, 5) is 2.93. The van der Waals surface area contributed by atoms with Crippen molar-refractivity contribution >= 4 is 22.5 Å². The molecule has 0 atom stereocenters. The number of hydrogen-bond donors (Lipinski definition) is 1. The number of ether oxygens (including phenoxy) is 1. The van der Waals surface area contributed by atoms with E-state index in [0.29, 0.717) is 17.3 Å². The lowest BCUT2D eigenvalue weighted by atomic mass is 10.2. The van der Waals surface area contributed by atoms with E-state index < -0.39 is 0 Å². The van der Waals surface area contributed by atoms with Gasteiger partial charge in [-0.25, -0.2) is 0 Å². The van der Waals surface area contributed by atoms with Crippen LogP contribution in [0.3, 0.4) is 0 Å². The number of aromatic amines is 1. The second kappa shape index (κ2) is 3.84. The zero-order valence-electron chi connectivity index (χ0n) is 8.17. The molecule has 0 aliphatic carbocycles. The molecule has 2 rings (SSSR count). The third-order valence-electron chi connectivity index (χ3n) is 2.15. The molecule has 0 spiro atoms. The van der Waals surface area contributed by atoms with Crippen molar-refractivity contribution in [3.63, 3.8) is 0 Å². The second-order valence-corrected chi connectivity index (χ2v) is 3.44. The van der Waals surface area contributed by atoms with Crippen molar-refractivity contribution in [3.8, 4) is 11.8 Å². The maximum atomic E-state index is 8.93. The van der Waals surface area contributed by atoms with E-state index in [1.54, 1.807) is 0 Å². The molecule has 76 valence electrons. The molecule has 0 saturated carbocycles. The van der Waals surface area contributed by atoms with Gasteiger partial charge in [0.2, 0.25) is 0 Å². The van der Waals surface area contributed by atoms with Gasteiger partial charge in [0.15, 0.2) is 0 Å². The highest BCUT2D eigenvalue weighted by Gasteiger charge is 2.09. The van der Waals surface area contributed by atoms with Crippen molar-refractivity contribution < 1.29 is 4.74 Å². The lowest BCUT2D eigenvalue weighted by molar-refractivity contribution is 0.341. The van der Waals surface area contributed by atoms with Gasteiger partial charge in [-0.3, -0.25) is 0 Å². The Hall–Kier alpha value is -1.66. The van der Waals surface area contributed by atoms with Gasteiger partial charge in [-0.2, -0.15) is 5.26 Å². The SMILES string of the molecule is CCOc1ccc2[nH]c(Cl)c(C#N)c2c1. The van der Waals surface area contributed by atoms with Crippen LogP contribution < -0.4 is 4.74 Å². The monoisotopic (exact) mass is 220 g/mol. The third-order valence-corrected chi connectivity index (χ3v) is 2.43. The highest BCUT2D eigenvalue weighted by atomic mass is 35.5. The Morgan fingerprint density at radius 1 is 1.53 bits per heavy atom. The van der Waals surface area contributed by atoms with Gasteiger partial charge < -0.3 is 9.72 Å². The Kier molecular flexibility index (Phi) is 2.53. The van der Waals surface area contributed by atoms with Crippen LogP contribution in [0.15, 0.2) is 18.2 Å². The molecule has 1 N–H and O–H groups in total. The van der Waals surface area contributed by atoms with Gasteiger partial charge in [-0.05, 0) is 25.1 Å². The van der Waals surface area contributed by atoms with Gasteiger partial charge in [0.25, 0.3) is 0 Å². The Morgan fingerprint density at radius 2 is 2.33 bits per heavy atom. The van der Waals surface area contributed by atoms with Crippen molar-refractivity contribution in [2.24, 2.45) is 0 Å². The number of hydrogen-bond acceptors (Lipinski definition) is 2. The van der Waals surface area contributed by atoms with E-state index in [0.717, 1.165) is 16.7 Å². The molecule has 0 bridgehead atoms. The average Bonchev–Trinajstić information content (AvgIpc) is 2.53. The van der Waals surface area contributed by atoms with Crippen molar-refractivity contribution in [1.29, 1.82) is 5.26 Å². The van der Waals surface area contributed by atoms with E-state index in [1.165, 1.54) is 0 Å². The van der Waals surface area contributed by atoms with Crippen molar-refractivity contribution in [2.75, 3.05) is 6.61 Å². The molecule has 0 radical (unpaired) electrons. The van der Waals surface area contributed by atoms with Crippen LogP contribution >= 0.6 is 11.6 Å². The zero-order chi connectivity index (χ0) is 10.8. The molecule has 1 heterocycles. The number of nitrogens with one attached hydrogen (secondary N) is 1. The van der Waals surface area contributed by atoms with Crippen LogP contribution in [0.1, 0.15) is 12.5 Å². The van der Waals surface area contributed by atoms with Gasteiger partial charge in [-0.15, -0.1) is 0 Å². The topological polar surface area (TPSA) is 48.8 Å². The molecule has 15 heavy (non-hydrogen) atoms. The van der Waals surface area contributed by atoms with Gasteiger partial charge in [0, 0.05) is 10.9 Å². The lowest BCUT2D eigenvalue weighted by Gasteiger charge is -2.01. The molecule has 0 aliphatic rings. The first-order chi connectivity index (χ1) is 7.26. The summed E-state index contributed by atoms with van der Waals surface area (Å²) in [6.07, 6.45) is 0. The molecule has 0 saturated heterocycles. The fraction of sp³-hybridized carbons (Fsp3) is 0.182. The summed E-state index contributed by atoms with van der Waals surface area (Å²) >= 11 is 5.88. The quantitative estimate of drug-likeness (QED) is 0.846. The average molecular weight is 221 g/mol. The standard InChI is InChI=1S/C11H9ClN2O/c1-2-15-7-3-4-10-8(5-7)9(6-13)11(12)14-10/h3-5,14H,2H2,1H3. The molecule has 0 aliphatic heterocycles. The Bertz CT molecular complexity index is 539. The van der Waals surface area contributed by atoms with Crippen molar-refractivity contribution in [1.82, 2.24) is 4.98 Å². The summed E-state index contributed by atoms with van der Waals surface area (Å²) in [7, 11) is 0. The van der Waals surface area contributed by atoms with Crippen LogP contribution in [-0.2, 0) is 0 Å². The first-order valence-corrected chi connectivity index (χ1v) is 4.98. The maximum absolute atomic E-state index is 8.93. The van der Waals surface area contributed by atoms with E-state index in [4.69, 9.17) is 21.6 Å². The minimum atomic E-state index is 0.376. The number of fused-ring (bicyclic) bond motifs is 1. The molecule has 2 aromatic rings. The first-order valence-electron chi connectivity index (χ1n) is 4.60. The fourth-order valence-corrected chi connectivity index (χ4v) is 1.75. The minimum Gasteiger partial charge on any atom is -0.494 e. The van der Waals surface area contributed by atoms with Crippen LogP contribution in [0, 0.1) is 11.3 Å². The van der Waals surface area contributed by atoms with Gasteiger partial charge >= 0.3 is 0 Å². The summed E-state index contributed by atoms with van der Waals surface area (Å²) in [5.74, 6) is 0.747. The Labute approximate surface area is 92.2 Å². The zero-order valence-corrected chi connectivity index (χ0v) is 8.93. The van der Waals surface area contributed by atoms with Gasteiger partial charge in [0.05, 0.1) is 12.2 Å². The molecule has 4 heteroatoms. The van der Waals surface area contributed by atoms with E-state index >= 15 is 0 Å². The smallest absolute Gasteiger partial charge is 0.125 e. The minimum absolute atomic E-state index is 0.376. The number of nitrogens with zero attached hydrogens (tertiary/aromatic N) is 1. The number of rotatable bonds is 2.